The van der Waals surface area contributed by atoms with E-state index >= 15 is 0 Å². The van der Waals surface area contributed by atoms with E-state index in [2.05, 4.69) is 22.5 Å². The van der Waals surface area contributed by atoms with Crippen LogP contribution in [0.15, 0.2) is 35.3 Å². The first-order valence-electron chi connectivity index (χ1n) is 6.15. The van der Waals surface area contributed by atoms with Crippen molar-refractivity contribution in [2.24, 2.45) is 7.05 Å². The van der Waals surface area contributed by atoms with E-state index in [4.69, 9.17) is 9.47 Å². The van der Waals surface area contributed by atoms with E-state index < -0.39 is 11.9 Å². The number of carbonyl (C=O) groups excluding carboxylic acids is 2. The molecule has 0 spiro atoms. The molecule has 21 heavy (non-hydrogen) atoms. The molecule has 1 aromatic heterocycles. The van der Waals surface area contributed by atoms with E-state index in [1.54, 1.807) is 29.8 Å². The summed E-state index contributed by atoms with van der Waals surface area (Å²) in [5.74, 6) is -0.877. The number of fused-ring (bicyclic) bond motifs is 1. The summed E-state index contributed by atoms with van der Waals surface area (Å²) in [6, 6.07) is 5.02. The van der Waals surface area contributed by atoms with Crippen LogP contribution in [0.2, 0.25) is 0 Å². The lowest BCUT2D eigenvalue weighted by atomic mass is 10.1. The van der Waals surface area contributed by atoms with Gasteiger partial charge in [0.15, 0.2) is 0 Å². The largest absolute Gasteiger partial charge is 0.464 e. The van der Waals surface area contributed by atoms with Gasteiger partial charge in [-0.05, 0) is 34.1 Å². The van der Waals surface area contributed by atoms with E-state index in [0.29, 0.717) is 15.7 Å². The number of benzene rings is 1. The zero-order valence-electron chi connectivity index (χ0n) is 11.7. The van der Waals surface area contributed by atoms with Crippen molar-refractivity contribution in [2.45, 2.75) is 0 Å². The van der Waals surface area contributed by atoms with E-state index in [-0.39, 0.29) is 6.61 Å². The van der Waals surface area contributed by atoms with Crippen molar-refractivity contribution in [3.05, 3.63) is 46.6 Å². The molecule has 1 heterocycles. The normalized spacial score (nSPS) is 10.4. The van der Waals surface area contributed by atoms with E-state index in [0.717, 1.165) is 10.9 Å². The number of methoxy groups -OCH3 is 1. The maximum atomic E-state index is 11.9. The van der Waals surface area contributed by atoms with Crippen molar-refractivity contribution < 1.29 is 19.1 Å². The van der Waals surface area contributed by atoms with Crippen molar-refractivity contribution in [3.63, 3.8) is 0 Å². The van der Waals surface area contributed by atoms with Gasteiger partial charge in [0.1, 0.15) is 12.3 Å². The third-order valence-electron chi connectivity index (χ3n) is 3.04. The average molecular weight is 352 g/mol. The van der Waals surface area contributed by atoms with Crippen LogP contribution in [0.4, 0.5) is 0 Å². The highest BCUT2D eigenvalue weighted by atomic mass is 79.9. The molecular formula is C15H14BrNO4. The maximum Gasteiger partial charge on any atom is 0.354 e. The fraction of sp³-hybridized carbons (Fsp3) is 0.200. The number of hydrogen-bond acceptors (Lipinski definition) is 4. The minimum atomic E-state index is -0.444. The quantitative estimate of drug-likeness (QED) is 0.627. The smallest absolute Gasteiger partial charge is 0.354 e. The number of halogens is 1. The van der Waals surface area contributed by atoms with Crippen LogP contribution in [-0.2, 0) is 16.5 Å². The molecule has 2 aromatic rings. The molecular weight excluding hydrogens is 338 g/mol. The first-order valence-corrected chi connectivity index (χ1v) is 6.94. The van der Waals surface area contributed by atoms with E-state index in [1.165, 1.54) is 13.2 Å². The number of hydrogen-bond donors (Lipinski definition) is 0. The van der Waals surface area contributed by atoms with Gasteiger partial charge in [-0.3, -0.25) is 0 Å². The Morgan fingerprint density at radius 2 is 2.05 bits per heavy atom. The summed E-state index contributed by atoms with van der Waals surface area (Å²) in [4.78, 5) is 23.6. The lowest BCUT2D eigenvalue weighted by molar-refractivity contribution is 0.0548. The first kappa shape index (κ1) is 15.3. The Bertz CT molecular complexity index is 733. The Balaban J connectivity index is 2.53. The van der Waals surface area contributed by atoms with Crippen LogP contribution in [0, 0.1) is 0 Å². The van der Waals surface area contributed by atoms with Crippen LogP contribution in [0.25, 0.3) is 10.9 Å². The molecule has 2 rings (SSSR count). The molecule has 0 atom stereocenters. The molecule has 110 valence electrons. The second kappa shape index (κ2) is 6.13. The molecule has 1 aromatic carbocycles. The van der Waals surface area contributed by atoms with Gasteiger partial charge in [-0.2, -0.15) is 0 Å². The fourth-order valence-electron chi connectivity index (χ4n) is 2.09. The second-order valence-electron chi connectivity index (χ2n) is 4.36. The number of aryl methyl sites for hydroxylation is 1. The Kier molecular flexibility index (Phi) is 4.47. The number of carbonyl (C=O) groups is 2. The minimum Gasteiger partial charge on any atom is -0.464 e. The molecule has 0 saturated carbocycles. The minimum absolute atomic E-state index is 0.149. The molecule has 0 aliphatic carbocycles. The van der Waals surface area contributed by atoms with Crippen molar-refractivity contribution in [1.29, 1.82) is 0 Å². The molecule has 0 aliphatic rings. The van der Waals surface area contributed by atoms with Crippen LogP contribution in [0.1, 0.15) is 20.8 Å². The third-order valence-corrected chi connectivity index (χ3v) is 3.65. The van der Waals surface area contributed by atoms with E-state index in [9.17, 15) is 9.59 Å². The van der Waals surface area contributed by atoms with Gasteiger partial charge in [-0.1, -0.05) is 12.7 Å². The summed E-state index contributed by atoms with van der Waals surface area (Å²) >= 11 is 3.42. The molecule has 0 fully saturated rings. The molecule has 0 amide bonds. The average Bonchev–Trinajstić information content (AvgIpc) is 2.81. The van der Waals surface area contributed by atoms with Gasteiger partial charge in [0, 0.05) is 16.9 Å². The number of ether oxygens (including phenoxy) is 2. The summed E-state index contributed by atoms with van der Waals surface area (Å²) in [7, 11) is 3.09. The van der Waals surface area contributed by atoms with Gasteiger partial charge in [0.05, 0.1) is 18.2 Å². The topological polar surface area (TPSA) is 57.5 Å². The lowest BCUT2D eigenvalue weighted by Crippen LogP contribution is -2.07. The highest BCUT2D eigenvalue weighted by Crippen LogP contribution is 2.29. The SMILES string of the molecule is C=CCOC(=O)c1cc(Br)c2c(c1)cc(C(=O)OC)n2C. The standard InChI is InChI=1S/C15H14BrNO4/c1-4-5-21-14(18)10-6-9-8-12(15(19)20-3)17(2)13(9)11(16)7-10/h4,6-8H,1,5H2,2-3H3. The molecule has 6 heteroatoms. The Morgan fingerprint density at radius 3 is 2.67 bits per heavy atom. The monoisotopic (exact) mass is 351 g/mol. The van der Waals surface area contributed by atoms with Crippen LogP contribution in [-0.4, -0.2) is 30.2 Å². The van der Waals surface area contributed by atoms with Crippen LogP contribution in [0.5, 0.6) is 0 Å². The molecule has 0 unspecified atom stereocenters. The predicted octanol–water partition coefficient (Wildman–Crippen LogP) is 3.07. The Labute approximate surface area is 130 Å². The predicted molar refractivity (Wildman–Crippen MR) is 82.4 cm³/mol. The second-order valence-corrected chi connectivity index (χ2v) is 5.22. The number of nitrogens with zero attached hydrogens (tertiary/aromatic N) is 1. The van der Waals surface area contributed by atoms with Crippen LogP contribution < -0.4 is 0 Å². The van der Waals surface area contributed by atoms with Crippen molar-refractivity contribution >= 4 is 38.8 Å². The molecule has 0 bridgehead atoms. The number of aromatic nitrogens is 1. The number of esters is 2. The summed E-state index contributed by atoms with van der Waals surface area (Å²) in [6.45, 7) is 3.65. The molecule has 0 N–H and O–H groups in total. The molecule has 0 radical (unpaired) electrons. The highest BCUT2D eigenvalue weighted by molar-refractivity contribution is 9.10. The van der Waals surface area contributed by atoms with Gasteiger partial charge < -0.3 is 14.0 Å². The van der Waals surface area contributed by atoms with Crippen molar-refractivity contribution in [3.8, 4) is 0 Å². The fourth-order valence-corrected chi connectivity index (χ4v) is 2.83. The zero-order valence-corrected chi connectivity index (χ0v) is 13.3. The van der Waals surface area contributed by atoms with Gasteiger partial charge in [-0.25, -0.2) is 9.59 Å². The molecule has 0 saturated heterocycles. The van der Waals surface area contributed by atoms with Crippen LogP contribution >= 0.6 is 15.9 Å². The Morgan fingerprint density at radius 1 is 1.33 bits per heavy atom. The Hall–Kier alpha value is -2.08. The number of rotatable bonds is 4. The maximum absolute atomic E-state index is 11.9. The summed E-state index contributed by atoms with van der Waals surface area (Å²) in [6.07, 6.45) is 1.50. The zero-order chi connectivity index (χ0) is 15.6. The third kappa shape index (κ3) is 2.85. The van der Waals surface area contributed by atoms with Gasteiger partial charge in [0.2, 0.25) is 0 Å². The highest BCUT2D eigenvalue weighted by Gasteiger charge is 2.18. The van der Waals surface area contributed by atoms with Crippen LogP contribution in [0.3, 0.4) is 0 Å². The van der Waals surface area contributed by atoms with Gasteiger partial charge >= 0.3 is 11.9 Å². The van der Waals surface area contributed by atoms with Gasteiger partial charge in [-0.15, -0.1) is 0 Å². The van der Waals surface area contributed by atoms with Crippen molar-refractivity contribution in [2.75, 3.05) is 13.7 Å². The summed E-state index contributed by atoms with van der Waals surface area (Å²) < 4.78 is 12.2. The lowest BCUT2D eigenvalue weighted by Gasteiger charge is -2.06. The van der Waals surface area contributed by atoms with E-state index in [1.807, 2.05) is 0 Å². The summed E-state index contributed by atoms with van der Waals surface area (Å²) in [5.41, 5.74) is 1.61. The first-order chi connectivity index (χ1) is 9.99. The van der Waals surface area contributed by atoms with Crippen molar-refractivity contribution in [1.82, 2.24) is 4.57 Å². The summed E-state index contributed by atoms with van der Waals surface area (Å²) in [5, 5.41) is 0.748. The molecule has 0 aliphatic heterocycles. The van der Waals surface area contributed by atoms with Gasteiger partial charge in [0.25, 0.3) is 0 Å². The molecule has 5 nitrogen and oxygen atoms in total.